The Hall–Kier alpha value is -0.850. The van der Waals surface area contributed by atoms with Crippen LogP contribution in [0.3, 0.4) is 0 Å². The van der Waals surface area contributed by atoms with Gasteiger partial charge in [0.25, 0.3) is 0 Å². The molecule has 2 atom stereocenters. The Kier molecular flexibility index (Phi) is 4.88. The fraction of sp³-hybridized carbons (Fsp3) is 0.529. The van der Waals surface area contributed by atoms with Gasteiger partial charge in [-0.1, -0.05) is 42.5 Å². The molecule has 0 amide bonds. The molecule has 2 rings (SSSR count). The van der Waals surface area contributed by atoms with E-state index >= 15 is 0 Å². The summed E-state index contributed by atoms with van der Waals surface area (Å²) in [5.74, 6) is 0. The minimum atomic E-state index is -2.35. The summed E-state index contributed by atoms with van der Waals surface area (Å²) in [5.41, 5.74) is 1.44. The second-order valence-corrected chi connectivity index (χ2v) is 9.19. The average Bonchev–Trinajstić information content (AvgIpc) is 2.71. The number of hydrogen-bond donors (Lipinski definition) is 0. The minimum Gasteiger partial charge on any atom is -0.306 e. The van der Waals surface area contributed by atoms with E-state index in [1.165, 1.54) is 5.56 Å². The molecule has 1 aliphatic heterocycles. The van der Waals surface area contributed by atoms with Crippen molar-refractivity contribution >= 4 is 7.29 Å². The summed E-state index contributed by atoms with van der Waals surface area (Å²) in [7, 11) is -2.35. The highest BCUT2D eigenvalue weighted by Crippen LogP contribution is 2.60. The van der Waals surface area contributed by atoms with E-state index in [-0.39, 0.29) is 5.66 Å². The lowest BCUT2D eigenvalue weighted by Gasteiger charge is -2.39. The number of benzene rings is 1. The zero-order chi connectivity index (χ0) is 14.8. The normalized spacial score (nSPS) is 26.1. The van der Waals surface area contributed by atoms with Crippen molar-refractivity contribution in [2.45, 2.75) is 51.9 Å². The molecule has 0 saturated heterocycles. The Labute approximate surface area is 123 Å². The lowest BCUT2D eigenvalue weighted by atomic mass is 10.1. The number of rotatable bonds is 5. The van der Waals surface area contributed by atoms with Crippen molar-refractivity contribution in [2.24, 2.45) is 0 Å². The van der Waals surface area contributed by atoms with Crippen molar-refractivity contribution in [3.63, 3.8) is 0 Å². The van der Waals surface area contributed by atoms with Gasteiger partial charge in [-0.2, -0.15) is 0 Å². The molecule has 0 saturated carbocycles. The van der Waals surface area contributed by atoms with Crippen LogP contribution in [0.15, 0.2) is 42.5 Å². The van der Waals surface area contributed by atoms with Gasteiger partial charge in [0.2, 0.25) is 0 Å². The maximum absolute atomic E-state index is 13.6. The summed E-state index contributed by atoms with van der Waals surface area (Å²) >= 11 is 0. The lowest BCUT2D eigenvalue weighted by Crippen LogP contribution is -2.37. The maximum atomic E-state index is 13.6. The van der Waals surface area contributed by atoms with E-state index in [4.69, 9.17) is 0 Å². The molecule has 0 radical (unpaired) electrons. The first kappa shape index (κ1) is 15.5. The SMILES string of the molecule is CC(C)N(C(C)C)[P@@]1(=O)CC=C[C@H]1Cc1ccccc1. The maximum Gasteiger partial charge on any atom is 0.161 e. The number of hydrogen-bond acceptors (Lipinski definition) is 1. The van der Waals surface area contributed by atoms with E-state index in [1.807, 2.05) is 6.07 Å². The molecule has 1 aliphatic rings. The molecule has 20 heavy (non-hydrogen) atoms. The fourth-order valence-electron chi connectivity index (χ4n) is 3.35. The highest BCUT2D eigenvalue weighted by molar-refractivity contribution is 7.63. The van der Waals surface area contributed by atoms with Crippen LogP contribution in [0.1, 0.15) is 33.3 Å². The first-order valence-electron chi connectivity index (χ1n) is 7.53. The summed E-state index contributed by atoms with van der Waals surface area (Å²) in [6.07, 6.45) is 5.89. The van der Waals surface area contributed by atoms with Crippen LogP contribution in [0.4, 0.5) is 0 Å². The molecular formula is C17H26NOP. The second-order valence-electron chi connectivity index (χ2n) is 6.19. The van der Waals surface area contributed by atoms with Crippen LogP contribution in [0.5, 0.6) is 0 Å². The molecule has 1 aromatic rings. The van der Waals surface area contributed by atoms with Gasteiger partial charge in [-0.05, 0) is 39.7 Å². The van der Waals surface area contributed by atoms with Crippen molar-refractivity contribution in [2.75, 3.05) is 6.16 Å². The summed E-state index contributed by atoms with van der Waals surface area (Å²) < 4.78 is 15.8. The van der Waals surface area contributed by atoms with Crippen LogP contribution in [0, 0.1) is 0 Å². The highest BCUT2D eigenvalue weighted by Gasteiger charge is 2.41. The van der Waals surface area contributed by atoms with Crippen LogP contribution in [0.2, 0.25) is 0 Å². The molecule has 0 fully saturated rings. The van der Waals surface area contributed by atoms with Gasteiger partial charge < -0.3 is 4.57 Å². The zero-order valence-corrected chi connectivity index (χ0v) is 13.9. The standard InChI is InChI=1S/C17H26NOP/c1-14(2)18(15(3)4)20(19)12-8-11-17(20)13-16-9-6-5-7-10-16/h5-11,14-15,17H,12-13H2,1-4H3/t17-,20+/m0/s1. The Morgan fingerprint density at radius 3 is 2.30 bits per heavy atom. The monoisotopic (exact) mass is 291 g/mol. The summed E-state index contributed by atoms with van der Waals surface area (Å²) in [6, 6.07) is 11.0. The zero-order valence-electron chi connectivity index (χ0n) is 13.0. The first-order chi connectivity index (χ1) is 9.45. The van der Waals surface area contributed by atoms with Crippen molar-refractivity contribution in [3.8, 4) is 0 Å². The van der Waals surface area contributed by atoms with E-state index < -0.39 is 7.29 Å². The molecule has 0 aromatic heterocycles. The Balaban J connectivity index is 2.24. The van der Waals surface area contributed by atoms with Crippen molar-refractivity contribution in [1.29, 1.82) is 0 Å². The molecule has 3 heteroatoms. The molecule has 1 heterocycles. The first-order valence-corrected chi connectivity index (χ1v) is 9.44. The summed E-state index contributed by atoms with van der Waals surface area (Å²) in [6.45, 7) is 8.60. The van der Waals surface area contributed by atoms with Crippen molar-refractivity contribution < 1.29 is 4.57 Å². The molecular weight excluding hydrogens is 265 g/mol. The predicted molar refractivity (Wildman–Crippen MR) is 87.7 cm³/mol. The van der Waals surface area contributed by atoms with Gasteiger partial charge in [-0.15, -0.1) is 0 Å². The smallest absolute Gasteiger partial charge is 0.161 e. The van der Waals surface area contributed by atoms with Gasteiger partial charge in [-0.3, -0.25) is 0 Å². The molecule has 0 unspecified atom stereocenters. The molecule has 0 spiro atoms. The Bertz CT molecular complexity index is 499. The molecule has 0 aliphatic carbocycles. The van der Waals surface area contributed by atoms with E-state index in [1.54, 1.807) is 0 Å². The van der Waals surface area contributed by atoms with Crippen LogP contribution in [0.25, 0.3) is 0 Å². The number of nitrogens with zero attached hydrogens (tertiary/aromatic N) is 1. The van der Waals surface area contributed by atoms with E-state index in [9.17, 15) is 4.57 Å². The molecule has 0 bridgehead atoms. The second kappa shape index (κ2) is 6.28. The molecule has 1 aromatic carbocycles. The van der Waals surface area contributed by atoms with E-state index in [0.717, 1.165) is 12.6 Å². The van der Waals surface area contributed by atoms with Crippen LogP contribution < -0.4 is 0 Å². The quantitative estimate of drug-likeness (QED) is 0.585. The lowest BCUT2D eigenvalue weighted by molar-refractivity contribution is 0.298. The largest absolute Gasteiger partial charge is 0.306 e. The Morgan fingerprint density at radius 1 is 1.15 bits per heavy atom. The third-order valence-corrected chi connectivity index (χ3v) is 7.81. The van der Waals surface area contributed by atoms with E-state index in [2.05, 4.69) is 68.8 Å². The van der Waals surface area contributed by atoms with Gasteiger partial charge in [0, 0.05) is 23.9 Å². The average molecular weight is 291 g/mol. The van der Waals surface area contributed by atoms with Gasteiger partial charge >= 0.3 is 0 Å². The van der Waals surface area contributed by atoms with Gasteiger partial charge in [-0.25, -0.2) is 4.67 Å². The molecule has 0 N–H and O–H groups in total. The third-order valence-electron chi connectivity index (χ3n) is 3.98. The van der Waals surface area contributed by atoms with Crippen LogP contribution in [-0.2, 0) is 11.0 Å². The fourth-order valence-corrected chi connectivity index (χ4v) is 7.02. The summed E-state index contributed by atoms with van der Waals surface area (Å²) in [5, 5.41) is 0. The van der Waals surface area contributed by atoms with Gasteiger partial charge in [0.1, 0.15) is 0 Å². The van der Waals surface area contributed by atoms with Gasteiger partial charge in [0.15, 0.2) is 7.29 Å². The van der Waals surface area contributed by atoms with Gasteiger partial charge in [0.05, 0.1) is 0 Å². The van der Waals surface area contributed by atoms with Crippen molar-refractivity contribution in [3.05, 3.63) is 48.0 Å². The molecule has 110 valence electrons. The Morgan fingerprint density at radius 2 is 1.75 bits per heavy atom. The minimum absolute atomic E-state index is 0.162. The van der Waals surface area contributed by atoms with E-state index in [0.29, 0.717) is 12.1 Å². The summed E-state index contributed by atoms with van der Waals surface area (Å²) in [4.78, 5) is 0. The topological polar surface area (TPSA) is 20.3 Å². The van der Waals surface area contributed by atoms with Crippen molar-refractivity contribution in [1.82, 2.24) is 4.67 Å². The number of allylic oxidation sites excluding steroid dienone is 2. The van der Waals surface area contributed by atoms with Crippen LogP contribution >= 0.6 is 7.29 Å². The van der Waals surface area contributed by atoms with Crippen LogP contribution in [-0.4, -0.2) is 28.6 Å². The predicted octanol–water partition coefficient (Wildman–Crippen LogP) is 4.56. The highest BCUT2D eigenvalue weighted by atomic mass is 31.2. The molecule has 2 nitrogen and oxygen atoms in total. The third kappa shape index (κ3) is 3.07.